The van der Waals surface area contributed by atoms with Crippen LogP contribution in [0.15, 0.2) is 40.8 Å². The summed E-state index contributed by atoms with van der Waals surface area (Å²) in [6, 6.07) is 11.5. The zero-order valence-electron chi connectivity index (χ0n) is 11.7. The third kappa shape index (κ3) is 4.14. The maximum atomic E-state index is 11.6. The van der Waals surface area contributed by atoms with Crippen LogP contribution >= 0.6 is 11.6 Å². The third-order valence-corrected chi connectivity index (χ3v) is 3.09. The molecule has 1 N–H and O–H groups in total. The molecular weight excluding hydrogens is 274 g/mol. The van der Waals surface area contributed by atoms with Crippen LogP contribution in [0.2, 0.25) is 5.02 Å². The van der Waals surface area contributed by atoms with Gasteiger partial charge in [-0.15, -0.1) is 0 Å². The molecule has 1 heterocycles. The molecule has 0 atom stereocenters. The monoisotopic (exact) mass is 291 g/mol. The smallest absolute Gasteiger partial charge is 0.220 e. The van der Waals surface area contributed by atoms with Gasteiger partial charge in [-0.1, -0.05) is 11.6 Å². The first-order chi connectivity index (χ1) is 9.54. The number of hydrogen-bond acceptors (Lipinski definition) is 2. The predicted octanol–water partition coefficient (Wildman–Crippen LogP) is 4.06. The molecule has 0 aliphatic carbocycles. The number of halogens is 1. The molecular formula is C16H18ClNO2. The topological polar surface area (TPSA) is 42.2 Å². The van der Waals surface area contributed by atoms with E-state index in [1.54, 1.807) is 0 Å². The van der Waals surface area contributed by atoms with E-state index in [4.69, 9.17) is 16.0 Å². The lowest BCUT2D eigenvalue weighted by Gasteiger charge is -2.06. The molecule has 2 rings (SSSR count). The number of carbonyl (C=O) groups excluding carboxylic acids is 1. The van der Waals surface area contributed by atoms with E-state index >= 15 is 0 Å². The first-order valence-electron chi connectivity index (χ1n) is 6.68. The minimum absolute atomic E-state index is 0.0458. The summed E-state index contributed by atoms with van der Waals surface area (Å²) in [5, 5.41) is 3.56. The van der Waals surface area contributed by atoms with E-state index in [0.29, 0.717) is 17.9 Å². The Morgan fingerprint density at radius 2 is 1.90 bits per heavy atom. The quantitative estimate of drug-likeness (QED) is 0.903. The fourth-order valence-corrected chi connectivity index (χ4v) is 2.04. The summed E-state index contributed by atoms with van der Waals surface area (Å²) in [5.74, 6) is 1.65. The van der Waals surface area contributed by atoms with Crippen molar-refractivity contribution in [3.8, 4) is 11.3 Å². The van der Waals surface area contributed by atoms with Gasteiger partial charge >= 0.3 is 0 Å². The molecule has 1 aromatic carbocycles. The number of rotatable bonds is 5. The largest absolute Gasteiger partial charge is 0.461 e. The minimum Gasteiger partial charge on any atom is -0.461 e. The van der Waals surface area contributed by atoms with Crippen LogP contribution in [-0.4, -0.2) is 11.9 Å². The molecule has 2 aromatic rings. The summed E-state index contributed by atoms with van der Waals surface area (Å²) in [5.41, 5.74) is 0.979. The maximum Gasteiger partial charge on any atom is 0.220 e. The van der Waals surface area contributed by atoms with Crippen molar-refractivity contribution in [3.05, 3.63) is 47.2 Å². The molecule has 0 aliphatic rings. The lowest BCUT2D eigenvalue weighted by Crippen LogP contribution is -2.30. The van der Waals surface area contributed by atoms with E-state index in [1.165, 1.54) is 0 Å². The molecule has 3 nitrogen and oxygen atoms in total. The number of benzene rings is 1. The number of aryl methyl sites for hydroxylation is 1. The van der Waals surface area contributed by atoms with Crippen molar-refractivity contribution >= 4 is 17.5 Å². The average Bonchev–Trinajstić information content (AvgIpc) is 2.85. The molecule has 0 saturated heterocycles. The summed E-state index contributed by atoms with van der Waals surface area (Å²) in [4.78, 5) is 11.6. The minimum atomic E-state index is 0.0458. The summed E-state index contributed by atoms with van der Waals surface area (Å²) in [6.07, 6.45) is 1.04. The SMILES string of the molecule is CC(C)NC(=O)CCc1ccc(-c2ccc(Cl)cc2)o1. The second-order valence-electron chi connectivity index (χ2n) is 5.00. The Morgan fingerprint density at radius 1 is 1.20 bits per heavy atom. The Bertz CT molecular complexity index is 572. The van der Waals surface area contributed by atoms with Crippen LogP contribution in [0.5, 0.6) is 0 Å². The maximum absolute atomic E-state index is 11.6. The first kappa shape index (κ1) is 14.7. The number of hydrogen-bond donors (Lipinski definition) is 1. The van der Waals surface area contributed by atoms with Crippen molar-refractivity contribution in [3.63, 3.8) is 0 Å². The molecule has 0 fully saturated rings. The van der Waals surface area contributed by atoms with Crippen molar-refractivity contribution in [2.24, 2.45) is 0 Å². The van der Waals surface area contributed by atoms with Gasteiger partial charge in [0.25, 0.3) is 0 Å². The number of nitrogens with one attached hydrogen (secondary N) is 1. The van der Waals surface area contributed by atoms with Crippen LogP contribution < -0.4 is 5.32 Å². The van der Waals surface area contributed by atoms with Gasteiger partial charge in [0.2, 0.25) is 5.91 Å². The zero-order valence-corrected chi connectivity index (χ0v) is 12.4. The second kappa shape index (κ2) is 6.62. The van der Waals surface area contributed by atoms with Gasteiger partial charge in [0.15, 0.2) is 0 Å². The van der Waals surface area contributed by atoms with E-state index in [0.717, 1.165) is 17.1 Å². The number of amides is 1. The fraction of sp³-hybridized carbons (Fsp3) is 0.312. The van der Waals surface area contributed by atoms with Gasteiger partial charge in [-0.3, -0.25) is 4.79 Å². The molecule has 0 bridgehead atoms. The van der Waals surface area contributed by atoms with Crippen LogP contribution in [0.4, 0.5) is 0 Å². The average molecular weight is 292 g/mol. The zero-order chi connectivity index (χ0) is 14.5. The van der Waals surface area contributed by atoms with Gasteiger partial charge in [0.1, 0.15) is 11.5 Å². The van der Waals surface area contributed by atoms with Crippen LogP contribution in [-0.2, 0) is 11.2 Å². The predicted molar refractivity (Wildman–Crippen MR) is 80.8 cm³/mol. The Hall–Kier alpha value is -1.74. The summed E-state index contributed by atoms with van der Waals surface area (Å²) >= 11 is 5.86. The second-order valence-corrected chi connectivity index (χ2v) is 5.43. The Balaban J connectivity index is 1.95. The van der Waals surface area contributed by atoms with Crippen molar-refractivity contribution in [2.75, 3.05) is 0 Å². The van der Waals surface area contributed by atoms with Crippen LogP contribution in [0.25, 0.3) is 11.3 Å². The van der Waals surface area contributed by atoms with Crippen LogP contribution in [0.1, 0.15) is 26.0 Å². The van der Waals surface area contributed by atoms with E-state index in [-0.39, 0.29) is 11.9 Å². The Morgan fingerprint density at radius 3 is 2.55 bits per heavy atom. The summed E-state index contributed by atoms with van der Waals surface area (Å²) < 4.78 is 5.74. The van der Waals surface area contributed by atoms with Gasteiger partial charge in [-0.05, 0) is 50.2 Å². The number of carbonyl (C=O) groups is 1. The molecule has 1 amide bonds. The van der Waals surface area contributed by atoms with Crippen molar-refractivity contribution in [1.29, 1.82) is 0 Å². The first-order valence-corrected chi connectivity index (χ1v) is 7.06. The van der Waals surface area contributed by atoms with Gasteiger partial charge in [0.05, 0.1) is 0 Å². The summed E-state index contributed by atoms with van der Waals surface area (Å²) in [6.45, 7) is 3.90. The van der Waals surface area contributed by atoms with Crippen molar-refractivity contribution < 1.29 is 9.21 Å². The van der Waals surface area contributed by atoms with Crippen LogP contribution in [0.3, 0.4) is 0 Å². The lowest BCUT2D eigenvalue weighted by atomic mass is 10.2. The lowest BCUT2D eigenvalue weighted by molar-refractivity contribution is -0.121. The van der Waals surface area contributed by atoms with Gasteiger partial charge < -0.3 is 9.73 Å². The van der Waals surface area contributed by atoms with Crippen molar-refractivity contribution in [1.82, 2.24) is 5.32 Å². The molecule has 0 unspecified atom stereocenters. The summed E-state index contributed by atoms with van der Waals surface area (Å²) in [7, 11) is 0. The highest BCUT2D eigenvalue weighted by molar-refractivity contribution is 6.30. The highest BCUT2D eigenvalue weighted by atomic mass is 35.5. The van der Waals surface area contributed by atoms with Crippen molar-refractivity contribution in [2.45, 2.75) is 32.7 Å². The fourth-order valence-electron chi connectivity index (χ4n) is 1.91. The Kier molecular flexibility index (Phi) is 4.85. The van der Waals surface area contributed by atoms with Gasteiger partial charge in [0, 0.05) is 29.5 Å². The molecule has 4 heteroatoms. The van der Waals surface area contributed by atoms with Gasteiger partial charge in [-0.2, -0.15) is 0 Å². The molecule has 0 spiro atoms. The normalized spacial score (nSPS) is 10.8. The number of furan rings is 1. The van der Waals surface area contributed by atoms with E-state index in [2.05, 4.69) is 5.32 Å². The molecule has 0 aliphatic heterocycles. The third-order valence-electron chi connectivity index (χ3n) is 2.84. The van der Waals surface area contributed by atoms with E-state index in [9.17, 15) is 4.79 Å². The highest BCUT2D eigenvalue weighted by Gasteiger charge is 2.08. The Labute approximate surface area is 123 Å². The van der Waals surface area contributed by atoms with E-state index < -0.39 is 0 Å². The molecule has 0 saturated carbocycles. The van der Waals surface area contributed by atoms with Gasteiger partial charge in [-0.25, -0.2) is 0 Å². The molecule has 0 radical (unpaired) electrons. The van der Waals surface area contributed by atoms with Crippen LogP contribution in [0, 0.1) is 0 Å². The molecule has 1 aromatic heterocycles. The molecule has 106 valence electrons. The standard InChI is InChI=1S/C16H18ClNO2/c1-11(2)18-16(19)10-8-14-7-9-15(20-14)12-3-5-13(17)6-4-12/h3-7,9,11H,8,10H2,1-2H3,(H,18,19). The van der Waals surface area contributed by atoms with E-state index in [1.807, 2.05) is 50.2 Å². The molecule has 20 heavy (non-hydrogen) atoms. The highest BCUT2D eigenvalue weighted by Crippen LogP contribution is 2.24.